The second-order valence-corrected chi connectivity index (χ2v) is 9.49. The average molecular weight is 488 g/mol. The molecule has 0 amide bonds. The first-order valence-electron chi connectivity index (χ1n) is 12.7. The van der Waals surface area contributed by atoms with Crippen molar-refractivity contribution >= 4 is 43.7 Å². The molecule has 178 valence electrons. The predicted octanol–water partition coefficient (Wildman–Crippen LogP) is 8.81. The molecule has 0 radical (unpaired) electrons. The molecule has 0 aliphatic carbocycles. The molecule has 3 heterocycles. The van der Waals surface area contributed by atoms with Gasteiger partial charge in [-0.1, -0.05) is 97.1 Å². The molecule has 3 aromatic heterocycles. The molecule has 0 unspecified atom stereocenters. The summed E-state index contributed by atoms with van der Waals surface area (Å²) >= 11 is 0. The number of fused-ring (bicyclic) bond motifs is 6. The predicted molar refractivity (Wildman–Crippen MR) is 155 cm³/mol. The summed E-state index contributed by atoms with van der Waals surface area (Å²) in [7, 11) is 0. The van der Waals surface area contributed by atoms with Gasteiger partial charge in [-0.2, -0.15) is 0 Å². The molecule has 8 rings (SSSR count). The molecule has 0 atom stereocenters. The molecule has 0 aliphatic heterocycles. The minimum atomic E-state index is 0.631. The van der Waals surface area contributed by atoms with E-state index in [0.29, 0.717) is 5.95 Å². The molecule has 4 nitrogen and oxygen atoms in total. The minimum absolute atomic E-state index is 0.631. The molecule has 0 saturated heterocycles. The number of hydrogen-bond donors (Lipinski definition) is 0. The van der Waals surface area contributed by atoms with Crippen molar-refractivity contribution in [1.82, 2.24) is 14.5 Å². The van der Waals surface area contributed by atoms with Gasteiger partial charge in [-0.3, -0.25) is 4.57 Å². The third-order valence-electron chi connectivity index (χ3n) is 7.22. The Balaban J connectivity index is 1.48. The summed E-state index contributed by atoms with van der Waals surface area (Å²) in [5.41, 5.74) is 7.67. The van der Waals surface area contributed by atoms with E-state index < -0.39 is 0 Å². The van der Waals surface area contributed by atoms with E-state index >= 15 is 0 Å². The zero-order chi connectivity index (χ0) is 25.1. The van der Waals surface area contributed by atoms with Crippen LogP contribution >= 0.6 is 0 Å². The van der Waals surface area contributed by atoms with Crippen molar-refractivity contribution in [1.29, 1.82) is 0 Å². The molecule has 0 spiro atoms. The normalized spacial score (nSPS) is 11.7. The van der Waals surface area contributed by atoms with Crippen molar-refractivity contribution in [2.75, 3.05) is 0 Å². The lowest BCUT2D eigenvalue weighted by Gasteiger charge is -2.11. The third-order valence-corrected chi connectivity index (χ3v) is 7.22. The lowest BCUT2D eigenvalue weighted by Crippen LogP contribution is -2.03. The van der Waals surface area contributed by atoms with E-state index in [1.807, 2.05) is 48.5 Å². The standard InChI is InChI=1S/C34H21N3O/c1-3-11-22(12-4-1)28-20-29(23-13-5-2-6-14-23)36-34(35-28)37-30-17-9-7-15-24(30)26-19-27-25-16-8-10-18-32(25)38-33(27)21-31(26)37/h1-21H. The van der Waals surface area contributed by atoms with E-state index in [2.05, 4.69) is 83.4 Å². The van der Waals surface area contributed by atoms with Crippen LogP contribution in [0.2, 0.25) is 0 Å². The summed E-state index contributed by atoms with van der Waals surface area (Å²) in [6, 6.07) is 43.7. The highest BCUT2D eigenvalue weighted by Gasteiger charge is 2.19. The fourth-order valence-corrected chi connectivity index (χ4v) is 5.45. The third kappa shape index (κ3) is 3.17. The van der Waals surface area contributed by atoms with Gasteiger partial charge in [0.2, 0.25) is 5.95 Å². The van der Waals surface area contributed by atoms with Crippen LogP contribution in [-0.2, 0) is 0 Å². The Bertz CT molecular complexity index is 2070. The topological polar surface area (TPSA) is 43.9 Å². The van der Waals surface area contributed by atoms with Crippen molar-refractivity contribution in [3.63, 3.8) is 0 Å². The highest BCUT2D eigenvalue weighted by atomic mass is 16.3. The van der Waals surface area contributed by atoms with Crippen LogP contribution in [0.4, 0.5) is 0 Å². The number of rotatable bonds is 3. The van der Waals surface area contributed by atoms with E-state index in [9.17, 15) is 0 Å². The van der Waals surface area contributed by atoms with Crippen LogP contribution in [0.3, 0.4) is 0 Å². The van der Waals surface area contributed by atoms with E-state index in [1.54, 1.807) is 0 Å². The molecule has 38 heavy (non-hydrogen) atoms. The van der Waals surface area contributed by atoms with Crippen molar-refractivity contribution in [3.8, 4) is 28.5 Å². The Hall–Kier alpha value is -5.22. The average Bonchev–Trinajstić information content (AvgIpc) is 3.51. The molecule has 0 aliphatic rings. The van der Waals surface area contributed by atoms with Gasteiger partial charge in [0.1, 0.15) is 11.2 Å². The van der Waals surface area contributed by atoms with Gasteiger partial charge in [0.15, 0.2) is 0 Å². The molecule has 0 fully saturated rings. The van der Waals surface area contributed by atoms with Crippen LogP contribution in [-0.4, -0.2) is 14.5 Å². The highest BCUT2D eigenvalue weighted by molar-refractivity contribution is 6.17. The van der Waals surface area contributed by atoms with Gasteiger partial charge in [-0.15, -0.1) is 0 Å². The largest absolute Gasteiger partial charge is 0.456 e. The van der Waals surface area contributed by atoms with Crippen LogP contribution in [0, 0.1) is 0 Å². The second kappa shape index (κ2) is 8.15. The molecule has 0 N–H and O–H groups in total. The lowest BCUT2D eigenvalue weighted by atomic mass is 10.1. The first-order valence-corrected chi connectivity index (χ1v) is 12.7. The molecular formula is C34H21N3O. The van der Waals surface area contributed by atoms with Crippen molar-refractivity contribution in [2.45, 2.75) is 0 Å². The van der Waals surface area contributed by atoms with Gasteiger partial charge in [-0.05, 0) is 24.3 Å². The van der Waals surface area contributed by atoms with Gasteiger partial charge in [0.05, 0.1) is 22.4 Å². The molecule has 8 aromatic rings. The van der Waals surface area contributed by atoms with Crippen LogP contribution in [0.25, 0.3) is 72.2 Å². The van der Waals surface area contributed by atoms with E-state index in [1.165, 1.54) is 0 Å². The Morgan fingerprint density at radius 3 is 1.76 bits per heavy atom. The summed E-state index contributed by atoms with van der Waals surface area (Å²) in [5.74, 6) is 0.631. The van der Waals surface area contributed by atoms with Gasteiger partial charge < -0.3 is 4.42 Å². The number of para-hydroxylation sites is 2. The Morgan fingerprint density at radius 1 is 0.447 bits per heavy atom. The quantitative estimate of drug-likeness (QED) is 0.250. The Labute approximate surface area is 218 Å². The minimum Gasteiger partial charge on any atom is -0.456 e. The van der Waals surface area contributed by atoms with Gasteiger partial charge in [0, 0.05) is 38.7 Å². The van der Waals surface area contributed by atoms with Crippen molar-refractivity contribution in [3.05, 3.63) is 127 Å². The zero-order valence-corrected chi connectivity index (χ0v) is 20.4. The van der Waals surface area contributed by atoms with Gasteiger partial charge in [0.25, 0.3) is 0 Å². The van der Waals surface area contributed by atoms with Crippen molar-refractivity contribution < 1.29 is 4.42 Å². The second-order valence-electron chi connectivity index (χ2n) is 9.49. The molecular weight excluding hydrogens is 466 g/mol. The number of furan rings is 1. The summed E-state index contributed by atoms with van der Waals surface area (Å²) in [6.45, 7) is 0. The van der Waals surface area contributed by atoms with Crippen LogP contribution < -0.4 is 0 Å². The summed E-state index contributed by atoms with van der Waals surface area (Å²) in [5, 5.41) is 4.54. The maximum Gasteiger partial charge on any atom is 0.235 e. The number of benzene rings is 5. The fraction of sp³-hybridized carbons (Fsp3) is 0. The number of hydrogen-bond acceptors (Lipinski definition) is 3. The molecule has 0 saturated carbocycles. The number of aromatic nitrogens is 3. The maximum atomic E-state index is 6.28. The van der Waals surface area contributed by atoms with E-state index in [-0.39, 0.29) is 0 Å². The van der Waals surface area contributed by atoms with E-state index in [0.717, 1.165) is 66.3 Å². The fourth-order valence-electron chi connectivity index (χ4n) is 5.45. The lowest BCUT2D eigenvalue weighted by molar-refractivity contribution is 0.669. The first kappa shape index (κ1) is 20.9. The summed E-state index contributed by atoms with van der Waals surface area (Å²) < 4.78 is 8.44. The van der Waals surface area contributed by atoms with Crippen LogP contribution in [0.1, 0.15) is 0 Å². The Morgan fingerprint density at radius 2 is 1.05 bits per heavy atom. The van der Waals surface area contributed by atoms with Gasteiger partial charge >= 0.3 is 0 Å². The SMILES string of the molecule is c1ccc(-c2cc(-c3ccccc3)nc(-n3c4ccccc4c4cc5c(cc43)oc3ccccc35)n2)cc1. The van der Waals surface area contributed by atoms with E-state index in [4.69, 9.17) is 14.4 Å². The Kier molecular flexibility index (Phi) is 4.49. The van der Waals surface area contributed by atoms with Crippen molar-refractivity contribution in [2.24, 2.45) is 0 Å². The molecule has 5 aromatic carbocycles. The summed E-state index contributed by atoms with van der Waals surface area (Å²) in [4.78, 5) is 10.2. The van der Waals surface area contributed by atoms with Crippen LogP contribution in [0.15, 0.2) is 132 Å². The first-order chi connectivity index (χ1) is 18.8. The zero-order valence-electron chi connectivity index (χ0n) is 20.4. The monoisotopic (exact) mass is 487 g/mol. The number of nitrogens with zero attached hydrogens (tertiary/aromatic N) is 3. The smallest absolute Gasteiger partial charge is 0.235 e. The van der Waals surface area contributed by atoms with Gasteiger partial charge in [-0.25, -0.2) is 9.97 Å². The molecule has 4 heteroatoms. The van der Waals surface area contributed by atoms with Crippen LogP contribution in [0.5, 0.6) is 0 Å². The maximum absolute atomic E-state index is 6.28. The summed E-state index contributed by atoms with van der Waals surface area (Å²) in [6.07, 6.45) is 0. The molecule has 0 bridgehead atoms. The highest BCUT2D eigenvalue weighted by Crippen LogP contribution is 2.38.